The van der Waals surface area contributed by atoms with Crippen LogP contribution >= 0.6 is 0 Å². The van der Waals surface area contributed by atoms with Gasteiger partial charge in [-0.2, -0.15) is 0 Å². The molecule has 0 aromatic rings. The molecule has 0 rings (SSSR count). The van der Waals surface area contributed by atoms with E-state index in [4.69, 9.17) is 10.8 Å². The highest BCUT2D eigenvalue weighted by Crippen LogP contribution is 1.97. The van der Waals surface area contributed by atoms with Gasteiger partial charge >= 0.3 is 5.97 Å². The monoisotopic (exact) mass is 200 g/mol. The number of hydrogen-bond donors (Lipinski definition) is 3. The Morgan fingerprint density at radius 2 is 2.14 bits per heavy atom. The molecular weight excluding hydrogens is 184 g/mol. The second kappa shape index (κ2) is 7.08. The van der Waals surface area contributed by atoms with Crippen LogP contribution in [0.25, 0.3) is 0 Å². The number of carboxylic acids is 1. The van der Waals surface area contributed by atoms with Crippen LogP contribution in [0.2, 0.25) is 0 Å². The van der Waals surface area contributed by atoms with Crippen molar-refractivity contribution in [1.29, 1.82) is 0 Å². The lowest BCUT2D eigenvalue weighted by molar-refractivity contribution is -0.138. The summed E-state index contributed by atoms with van der Waals surface area (Å²) in [6, 6.07) is -0.801. The van der Waals surface area contributed by atoms with Crippen molar-refractivity contribution >= 4 is 11.9 Å². The van der Waals surface area contributed by atoms with E-state index in [-0.39, 0.29) is 5.91 Å². The summed E-state index contributed by atoms with van der Waals surface area (Å²) in [6.45, 7) is 3.83. The van der Waals surface area contributed by atoms with E-state index in [1.54, 1.807) is 0 Å². The van der Waals surface area contributed by atoms with Crippen molar-refractivity contribution in [2.45, 2.75) is 25.3 Å². The number of rotatable bonds is 7. The second-order valence-electron chi connectivity index (χ2n) is 2.94. The third-order valence-electron chi connectivity index (χ3n) is 1.74. The average molecular weight is 200 g/mol. The van der Waals surface area contributed by atoms with E-state index in [1.807, 2.05) is 0 Å². The average Bonchev–Trinajstić information content (AvgIpc) is 2.16. The quantitative estimate of drug-likeness (QED) is 0.394. The fourth-order valence-corrected chi connectivity index (χ4v) is 0.896. The van der Waals surface area contributed by atoms with E-state index in [9.17, 15) is 9.59 Å². The first-order valence-corrected chi connectivity index (χ1v) is 4.46. The minimum Gasteiger partial charge on any atom is -0.480 e. The van der Waals surface area contributed by atoms with Crippen molar-refractivity contribution in [1.82, 2.24) is 5.32 Å². The lowest BCUT2D eigenvalue weighted by Crippen LogP contribution is -2.30. The third kappa shape index (κ3) is 6.19. The molecule has 0 heterocycles. The van der Waals surface area contributed by atoms with E-state index in [0.717, 1.165) is 6.42 Å². The molecule has 5 heteroatoms. The number of carbonyl (C=O) groups is 2. The number of carboxylic acid groups (broad SMARTS) is 1. The van der Waals surface area contributed by atoms with Gasteiger partial charge in [-0.05, 0) is 25.3 Å². The summed E-state index contributed by atoms with van der Waals surface area (Å²) in [5, 5.41) is 11.0. The minimum atomic E-state index is -0.986. The molecule has 80 valence electrons. The Balaban J connectivity index is 3.34. The molecule has 0 bridgehead atoms. The Morgan fingerprint density at radius 1 is 1.50 bits per heavy atom. The first-order valence-electron chi connectivity index (χ1n) is 4.46. The summed E-state index contributed by atoms with van der Waals surface area (Å²) in [6.07, 6.45) is 3.04. The van der Waals surface area contributed by atoms with Gasteiger partial charge in [0.2, 0.25) is 5.91 Å². The zero-order valence-electron chi connectivity index (χ0n) is 8.03. The Morgan fingerprint density at radius 3 is 2.64 bits per heavy atom. The van der Waals surface area contributed by atoms with Gasteiger partial charge < -0.3 is 16.2 Å². The van der Waals surface area contributed by atoms with E-state index >= 15 is 0 Å². The summed E-state index contributed by atoms with van der Waals surface area (Å²) in [5.74, 6) is -1.20. The maximum absolute atomic E-state index is 10.7. The van der Waals surface area contributed by atoms with Crippen molar-refractivity contribution in [3.05, 3.63) is 12.7 Å². The number of unbranched alkanes of at least 4 members (excludes halogenated alkanes) is 1. The van der Waals surface area contributed by atoms with Crippen LogP contribution in [-0.4, -0.2) is 29.6 Å². The van der Waals surface area contributed by atoms with Gasteiger partial charge in [-0.15, -0.1) is 0 Å². The molecule has 0 aliphatic heterocycles. The van der Waals surface area contributed by atoms with Crippen LogP contribution in [0.5, 0.6) is 0 Å². The number of aliphatic carboxylic acids is 1. The van der Waals surface area contributed by atoms with Gasteiger partial charge in [0, 0.05) is 6.54 Å². The van der Waals surface area contributed by atoms with Gasteiger partial charge in [0.05, 0.1) is 0 Å². The predicted octanol–water partition coefficient (Wildman–Crippen LogP) is -0.129. The summed E-state index contributed by atoms with van der Waals surface area (Å²) < 4.78 is 0. The number of nitrogens with two attached hydrogens (primary N) is 1. The molecule has 0 aromatic carbocycles. The highest BCUT2D eigenvalue weighted by Gasteiger charge is 2.09. The third-order valence-corrected chi connectivity index (χ3v) is 1.74. The number of hydrogen-bond acceptors (Lipinski definition) is 3. The summed E-state index contributed by atoms with van der Waals surface area (Å²) in [5.41, 5.74) is 5.28. The lowest BCUT2D eigenvalue weighted by atomic mass is 10.1. The molecule has 1 amide bonds. The molecule has 1 atom stereocenters. The molecule has 0 radical (unpaired) electrons. The minimum absolute atomic E-state index is 0.215. The van der Waals surface area contributed by atoms with Crippen LogP contribution < -0.4 is 11.1 Å². The SMILES string of the molecule is C=CC(=O)NCCCC[C@@H](N)C(=O)O. The van der Waals surface area contributed by atoms with Crippen molar-refractivity contribution in [2.24, 2.45) is 5.73 Å². The van der Waals surface area contributed by atoms with Crippen LogP contribution in [0.15, 0.2) is 12.7 Å². The van der Waals surface area contributed by atoms with Crippen molar-refractivity contribution in [2.75, 3.05) is 6.54 Å². The fraction of sp³-hybridized carbons (Fsp3) is 0.556. The van der Waals surface area contributed by atoms with Gasteiger partial charge in [0.1, 0.15) is 6.04 Å². The maximum Gasteiger partial charge on any atom is 0.320 e. The maximum atomic E-state index is 10.7. The normalized spacial score (nSPS) is 11.8. The van der Waals surface area contributed by atoms with E-state index in [0.29, 0.717) is 19.4 Å². The smallest absolute Gasteiger partial charge is 0.320 e. The van der Waals surface area contributed by atoms with Crippen LogP contribution in [0.1, 0.15) is 19.3 Å². The molecule has 5 nitrogen and oxygen atoms in total. The summed E-state index contributed by atoms with van der Waals surface area (Å²) in [4.78, 5) is 21.0. The van der Waals surface area contributed by atoms with Gasteiger partial charge in [-0.1, -0.05) is 6.58 Å². The van der Waals surface area contributed by atoms with E-state index < -0.39 is 12.0 Å². The van der Waals surface area contributed by atoms with Gasteiger partial charge in [-0.25, -0.2) is 0 Å². The number of amides is 1. The zero-order valence-corrected chi connectivity index (χ0v) is 8.03. The van der Waals surface area contributed by atoms with Gasteiger partial charge in [-0.3, -0.25) is 9.59 Å². The predicted molar refractivity (Wildman–Crippen MR) is 52.7 cm³/mol. The molecule has 0 aliphatic rings. The van der Waals surface area contributed by atoms with Crippen molar-refractivity contribution in [3.8, 4) is 0 Å². The van der Waals surface area contributed by atoms with Gasteiger partial charge in [0.25, 0.3) is 0 Å². The Labute approximate surface area is 83.0 Å². The highest BCUT2D eigenvalue weighted by molar-refractivity contribution is 5.86. The Hall–Kier alpha value is -1.36. The molecule has 0 fully saturated rings. The lowest BCUT2D eigenvalue weighted by Gasteiger charge is -2.05. The molecule has 0 saturated carbocycles. The van der Waals surface area contributed by atoms with Crippen molar-refractivity contribution < 1.29 is 14.7 Å². The van der Waals surface area contributed by atoms with Crippen LogP contribution in [0, 0.1) is 0 Å². The topological polar surface area (TPSA) is 92.4 Å². The zero-order chi connectivity index (χ0) is 11.0. The number of carbonyl (C=O) groups excluding carboxylic acids is 1. The largest absolute Gasteiger partial charge is 0.480 e. The molecule has 0 aliphatic carbocycles. The first-order chi connectivity index (χ1) is 6.57. The molecule has 0 unspecified atom stereocenters. The van der Waals surface area contributed by atoms with Crippen LogP contribution in [-0.2, 0) is 9.59 Å². The molecule has 0 aromatic heterocycles. The number of nitrogens with one attached hydrogen (secondary N) is 1. The first kappa shape index (κ1) is 12.6. The second-order valence-corrected chi connectivity index (χ2v) is 2.94. The molecule has 14 heavy (non-hydrogen) atoms. The highest BCUT2D eigenvalue weighted by atomic mass is 16.4. The molecule has 0 spiro atoms. The standard InChI is InChI=1S/C9H16N2O3/c1-2-8(12)11-6-4-3-5-7(10)9(13)14/h2,7H,1,3-6,10H2,(H,11,12)(H,13,14)/t7-/m1/s1. The van der Waals surface area contributed by atoms with E-state index in [2.05, 4.69) is 11.9 Å². The van der Waals surface area contributed by atoms with Gasteiger partial charge in [0.15, 0.2) is 0 Å². The molecule has 0 saturated heterocycles. The summed E-state index contributed by atoms with van der Waals surface area (Å²) >= 11 is 0. The van der Waals surface area contributed by atoms with E-state index in [1.165, 1.54) is 6.08 Å². The molecule has 4 N–H and O–H groups in total. The Kier molecular flexibility index (Phi) is 6.39. The Bertz CT molecular complexity index is 216. The fourth-order valence-electron chi connectivity index (χ4n) is 0.896. The van der Waals surface area contributed by atoms with Crippen LogP contribution in [0.4, 0.5) is 0 Å². The van der Waals surface area contributed by atoms with Crippen molar-refractivity contribution in [3.63, 3.8) is 0 Å². The molecular formula is C9H16N2O3. The van der Waals surface area contributed by atoms with Crippen LogP contribution in [0.3, 0.4) is 0 Å². The summed E-state index contributed by atoms with van der Waals surface area (Å²) in [7, 11) is 0.